The summed E-state index contributed by atoms with van der Waals surface area (Å²) in [6.07, 6.45) is 1.92. The number of hydrogen-bond acceptors (Lipinski definition) is 7. The molecule has 2 heterocycles. The van der Waals surface area contributed by atoms with Crippen LogP contribution in [-0.4, -0.2) is 34.0 Å². The summed E-state index contributed by atoms with van der Waals surface area (Å²) < 4.78 is 10.4. The molecule has 1 atom stereocenters. The highest BCUT2D eigenvalue weighted by atomic mass is 32.1. The maximum Gasteiger partial charge on any atom is 0.331 e. The first-order chi connectivity index (χ1) is 10.3. The topological polar surface area (TPSA) is 77.6 Å². The van der Waals surface area contributed by atoms with Crippen LogP contribution in [0.25, 0.3) is 0 Å². The lowest BCUT2D eigenvalue weighted by Gasteiger charge is -2.22. The molecule has 0 N–H and O–H groups in total. The molecule has 1 unspecified atom stereocenters. The van der Waals surface area contributed by atoms with E-state index in [0.29, 0.717) is 17.9 Å². The lowest BCUT2D eigenvalue weighted by molar-refractivity contribution is -0.156. The zero-order valence-corrected chi connectivity index (χ0v) is 13.9. The Kier molecular flexibility index (Phi) is 5.07. The molecule has 0 aliphatic rings. The highest BCUT2D eigenvalue weighted by Crippen LogP contribution is 2.14. The van der Waals surface area contributed by atoms with Gasteiger partial charge in [-0.25, -0.2) is 9.78 Å². The molecule has 0 amide bonds. The molecule has 2 aromatic rings. The van der Waals surface area contributed by atoms with Gasteiger partial charge in [0.1, 0.15) is 17.1 Å². The molecular weight excluding hydrogens is 302 g/mol. The zero-order valence-electron chi connectivity index (χ0n) is 13.1. The van der Waals surface area contributed by atoms with Gasteiger partial charge in [0.25, 0.3) is 0 Å². The molecule has 2 aromatic heterocycles. The fraction of sp³-hybridized carbons (Fsp3) is 0.467. The second-order valence-corrected chi connectivity index (χ2v) is 6.59. The van der Waals surface area contributed by atoms with E-state index in [1.54, 1.807) is 18.5 Å². The van der Waals surface area contributed by atoms with E-state index in [-0.39, 0.29) is 5.97 Å². The molecule has 0 aromatic carbocycles. The molecule has 0 bridgehead atoms. The number of aryl methyl sites for hydroxylation is 1. The molecule has 2 rings (SSSR count). The fourth-order valence-electron chi connectivity index (χ4n) is 1.72. The average molecular weight is 321 g/mol. The zero-order chi connectivity index (χ0) is 16.2. The monoisotopic (exact) mass is 321 g/mol. The Morgan fingerprint density at radius 1 is 1.55 bits per heavy atom. The number of ether oxygens (including phenoxy) is 1. The number of carbonyl (C=O) groups is 1. The van der Waals surface area contributed by atoms with Crippen LogP contribution >= 0.6 is 11.3 Å². The van der Waals surface area contributed by atoms with E-state index < -0.39 is 11.6 Å². The van der Waals surface area contributed by atoms with Crippen LogP contribution in [-0.2, 0) is 16.0 Å². The molecule has 0 saturated carbocycles. The maximum absolute atomic E-state index is 12.3. The van der Waals surface area contributed by atoms with Gasteiger partial charge in [-0.05, 0) is 27.7 Å². The Morgan fingerprint density at radius 2 is 2.32 bits per heavy atom. The summed E-state index contributed by atoms with van der Waals surface area (Å²) in [4.78, 5) is 20.8. The SMILES string of the molecule is Cc1cc(C=NC(Cc2cscn2)C(=O)OC(C)(C)C)no1. The molecule has 22 heavy (non-hydrogen) atoms. The largest absolute Gasteiger partial charge is 0.458 e. The summed E-state index contributed by atoms with van der Waals surface area (Å²) in [5.41, 5.74) is 2.56. The number of aromatic nitrogens is 2. The van der Waals surface area contributed by atoms with Crippen molar-refractivity contribution in [1.82, 2.24) is 10.1 Å². The lowest BCUT2D eigenvalue weighted by atomic mass is 10.1. The standard InChI is InChI=1S/C15H19N3O3S/c1-10-5-11(18-21-10)7-16-13(6-12-8-22-9-17-12)14(19)20-15(2,3)4/h5,7-9,13H,6H2,1-4H3. The van der Waals surface area contributed by atoms with E-state index in [2.05, 4.69) is 15.1 Å². The number of aliphatic imine (C=N–C) groups is 1. The van der Waals surface area contributed by atoms with Crippen LogP contribution in [0.4, 0.5) is 0 Å². The first kappa shape index (κ1) is 16.4. The minimum atomic E-state index is -0.654. The maximum atomic E-state index is 12.3. The molecule has 7 heteroatoms. The molecular formula is C15H19N3O3S. The summed E-state index contributed by atoms with van der Waals surface area (Å²) in [6.45, 7) is 7.28. The smallest absolute Gasteiger partial charge is 0.331 e. The Labute approximate surface area is 133 Å². The Morgan fingerprint density at radius 3 is 2.86 bits per heavy atom. The molecule has 6 nitrogen and oxygen atoms in total. The summed E-state index contributed by atoms with van der Waals surface area (Å²) in [5, 5.41) is 5.72. The summed E-state index contributed by atoms with van der Waals surface area (Å²) in [7, 11) is 0. The summed E-state index contributed by atoms with van der Waals surface area (Å²) in [6, 6.07) is 1.09. The van der Waals surface area contributed by atoms with E-state index in [4.69, 9.17) is 9.26 Å². The second-order valence-electron chi connectivity index (χ2n) is 5.87. The van der Waals surface area contributed by atoms with Crippen LogP contribution in [0, 0.1) is 6.92 Å². The third-order valence-electron chi connectivity index (χ3n) is 2.60. The first-order valence-corrected chi connectivity index (χ1v) is 7.84. The van der Waals surface area contributed by atoms with Crippen molar-refractivity contribution in [2.24, 2.45) is 4.99 Å². The Bertz CT molecular complexity index is 641. The normalized spacial score (nSPS) is 13.5. The second kappa shape index (κ2) is 6.83. The van der Waals surface area contributed by atoms with E-state index in [1.165, 1.54) is 17.6 Å². The van der Waals surface area contributed by atoms with Crippen molar-refractivity contribution < 1.29 is 14.1 Å². The minimum absolute atomic E-state index is 0.378. The predicted molar refractivity (Wildman–Crippen MR) is 84.3 cm³/mol. The molecule has 0 saturated heterocycles. The van der Waals surface area contributed by atoms with Crippen LogP contribution < -0.4 is 0 Å². The number of hydrogen-bond donors (Lipinski definition) is 0. The molecule has 118 valence electrons. The van der Waals surface area contributed by atoms with Crippen molar-refractivity contribution in [3.63, 3.8) is 0 Å². The number of carbonyl (C=O) groups excluding carboxylic acids is 1. The van der Waals surface area contributed by atoms with Crippen LogP contribution in [0.15, 0.2) is 26.5 Å². The number of thiazole rings is 1. The average Bonchev–Trinajstić information content (AvgIpc) is 3.03. The third kappa shape index (κ3) is 5.07. The molecule has 0 aliphatic carbocycles. The van der Waals surface area contributed by atoms with Crippen molar-refractivity contribution in [3.8, 4) is 0 Å². The van der Waals surface area contributed by atoms with Gasteiger partial charge in [-0.1, -0.05) is 5.16 Å². The van der Waals surface area contributed by atoms with Crippen molar-refractivity contribution >= 4 is 23.5 Å². The van der Waals surface area contributed by atoms with Gasteiger partial charge in [0.15, 0.2) is 6.04 Å². The van der Waals surface area contributed by atoms with Gasteiger partial charge in [-0.3, -0.25) is 4.99 Å². The highest BCUT2D eigenvalue weighted by molar-refractivity contribution is 7.07. The van der Waals surface area contributed by atoms with Gasteiger partial charge in [-0.15, -0.1) is 11.3 Å². The molecule has 0 fully saturated rings. The summed E-state index contributed by atoms with van der Waals surface area (Å²) in [5.74, 6) is 0.312. The van der Waals surface area contributed by atoms with E-state index >= 15 is 0 Å². The van der Waals surface area contributed by atoms with E-state index in [1.807, 2.05) is 26.2 Å². The van der Waals surface area contributed by atoms with Crippen LogP contribution in [0.1, 0.15) is 37.9 Å². The number of nitrogens with zero attached hydrogens (tertiary/aromatic N) is 3. The quantitative estimate of drug-likeness (QED) is 0.625. The molecule has 0 radical (unpaired) electrons. The van der Waals surface area contributed by atoms with Gasteiger partial charge in [0.05, 0.1) is 17.4 Å². The number of esters is 1. The minimum Gasteiger partial charge on any atom is -0.458 e. The van der Waals surface area contributed by atoms with Gasteiger partial charge in [0, 0.05) is 17.9 Å². The van der Waals surface area contributed by atoms with E-state index in [0.717, 1.165) is 5.69 Å². The highest BCUT2D eigenvalue weighted by Gasteiger charge is 2.25. The van der Waals surface area contributed by atoms with E-state index in [9.17, 15) is 4.79 Å². The lowest BCUT2D eigenvalue weighted by Crippen LogP contribution is -2.32. The first-order valence-electron chi connectivity index (χ1n) is 6.90. The fourth-order valence-corrected chi connectivity index (χ4v) is 2.29. The molecule has 0 spiro atoms. The Hall–Kier alpha value is -2.02. The van der Waals surface area contributed by atoms with Gasteiger partial charge in [-0.2, -0.15) is 0 Å². The molecule has 0 aliphatic heterocycles. The Balaban J connectivity index is 2.13. The third-order valence-corrected chi connectivity index (χ3v) is 3.23. The van der Waals surface area contributed by atoms with Gasteiger partial charge < -0.3 is 9.26 Å². The van der Waals surface area contributed by atoms with Crippen LogP contribution in [0.2, 0.25) is 0 Å². The van der Waals surface area contributed by atoms with Crippen LogP contribution in [0.5, 0.6) is 0 Å². The van der Waals surface area contributed by atoms with Crippen molar-refractivity contribution in [3.05, 3.63) is 34.1 Å². The van der Waals surface area contributed by atoms with Gasteiger partial charge in [0.2, 0.25) is 0 Å². The van der Waals surface area contributed by atoms with Crippen molar-refractivity contribution in [2.75, 3.05) is 0 Å². The van der Waals surface area contributed by atoms with Gasteiger partial charge >= 0.3 is 5.97 Å². The summed E-state index contributed by atoms with van der Waals surface area (Å²) >= 11 is 1.48. The van der Waals surface area contributed by atoms with Crippen molar-refractivity contribution in [1.29, 1.82) is 0 Å². The number of rotatable bonds is 5. The predicted octanol–water partition coefficient (Wildman–Crippen LogP) is 2.81. The van der Waals surface area contributed by atoms with Crippen LogP contribution in [0.3, 0.4) is 0 Å². The van der Waals surface area contributed by atoms with Crippen molar-refractivity contribution in [2.45, 2.75) is 45.8 Å².